The van der Waals surface area contributed by atoms with Gasteiger partial charge >= 0.3 is 0 Å². The van der Waals surface area contributed by atoms with Gasteiger partial charge in [0.15, 0.2) is 0 Å². The molecule has 1 heterocycles. The number of hydrogen-bond donors (Lipinski definition) is 2. The molecule has 0 spiro atoms. The van der Waals surface area contributed by atoms with Gasteiger partial charge < -0.3 is 10.6 Å². The quantitative estimate of drug-likeness (QED) is 0.771. The molecule has 1 aliphatic rings. The third-order valence-corrected chi connectivity index (χ3v) is 4.46. The maximum atomic E-state index is 12.5. The van der Waals surface area contributed by atoms with Crippen molar-refractivity contribution in [3.63, 3.8) is 0 Å². The molecule has 0 aliphatic carbocycles. The summed E-state index contributed by atoms with van der Waals surface area (Å²) >= 11 is 15.6. The zero-order valence-electron chi connectivity index (χ0n) is 10.8. The van der Waals surface area contributed by atoms with Gasteiger partial charge in [0.2, 0.25) is 5.91 Å². The lowest BCUT2D eigenvalue weighted by Gasteiger charge is -2.14. The Morgan fingerprint density at radius 2 is 1.90 bits per heavy atom. The van der Waals surface area contributed by atoms with Crippen LogP contribution >= 0.6 is 39.1 Å². The van der Waals surface area contributed by atoms with Crippen LogP contribution in [0.1, 0.15) is 11.5 Å². The van der Waals surface area contributed by atoms with Gasteiger partial charge in [0, 0.05) is 16.7 Å². The van der Waals surface area contributed by atoms with E-state index in [4.69, 9.17) is 23.2 Å². The molecule has 108 valence electrons. The Bertz CT molecular complexity index is 698. The van der Waals surface area contributed by atoms with Gasteiger partial charge in [-0.2, -0.15) is 0 Å². The Morgan fingerprint density at radius 1 is 1.24 bits per heavy atom. The Balaban J connectivity index is 1.86. The van der Waals surface area contributed by atoms with Gasteiger partial charge in [0.05, 0.1) is 21.7 Å². The first-order valence-electron chi connectivity index (χ1n) is 6.34. The van der Waals surface area contributed by atoms with Crippen LogP contribution in [0.5, 0.6) is 0 Å². The van der Waals surface area contributed by atoms with Crippen LogP contribution in [-0.4, -0.2) is 12.5 Å². The third-order valence-electron chi connectivity index (χ3n) is 3.40. The second-order valence-electron chi connectivity index (χ2n) is 4.75. The van der Waals surface area contributed by atoms with Crippen molar-refractivity contribution in [1.82, 2.24) is 0 Å². The summed E-state index contributed by atoms with van der Waals surface area (Å²) in [4.78, 5) is 12.5. The molecule has 0 saturated carbocycles. The molecule has 2 aromatic rings. The molecule has 2 N–H and O–H groups in total. The first-order chi connectivity index (χ1) is 10.1. The molecule has 0 radical (unpaired) electrons. The number of benzene rings is 2. The van der Waals surface area contributed by atoms with Gasteiger partial charge in [-0.15, -0.1) is 0 Å². The van der Waals surface area contributed by atoms with E-state index >= 15 is 0 Å². The van der Waals surface area contributed by atoms with Gasteiger partial charge in [0.1, 0.15) is 0 Å². The van der Waals surface area contributed by atoms with Crippen molar-refractivity contribution >= 4 is 56.4 Å². The number of anilines is 2. The SMILES string of the molecule is O=C(Nc1c(Cl)cc(Br)cc1Cl)C1CNc2ccccc21. The number of rotatable bonds is 2. The average Bonchev–Trinajstić information content (AvgIpc) is 2.86. The highest BCUT2D eigenvalue weighted by Gasteiger charge is 2.28. The molecule has 0 saturated heterocycles. The highest BCUT2D eigenvalue weighted by molar-refractivity contribution is 9.10. The number of hydrogen-bond acceptors (Lipinski definition) is 2. The van der Waals surface area contributed by atoms with Crippen LogP contribution in [0.4, 0.5) is 11.4 Å². The van der Waals surface area contributed by atoms with Crippen molar-refractivity contribution in [3.8, 4) is 0 Å². The largest absolute Gasteiger partial charge is 0.384 e. The second-order valence-corrected chi connectivity index (χ2v) is 6.48. The minimum atomic E-state index is -0.253. The predicted molar refractivity (Wildman–Crippen MR) is 90.5 cm³/mol. The minimum Gasteiger partial charge on any atom is -0.384 e. The van der Waals surface area contributed by atoms with Crippen LogP contribution in [0.3, 0.4) is 0 Å². The molecule has 1 aliphatic heterocycles. The Hall–Kier alpha value is -1.23. The summed E-state index contributed by atoms with van der Waals surface area (Å²) in [6.07, 6.45) is 0. The van der Waals surface area contributed by atoms with E-state index in [0.717, 1.165) is 15.7 Å². The zero-order chi connectivity index (χ0) is 15.0. The van der Waals surface area contributed by atoms with Crippen LogP contribution < -0.4 is 10.6 Å². The van der Waals surface area contributed by atoms with E-state index in [1.165, 1.54) is 0 Å². The Labute approximate surface area is 140 Å². The molecule has 2 aromatic carbocycles. The van der Waals surface area contributed by atoms with Crippen LogP contribution in [0, 0.1) is 0 Å². The van der Waals surface area contributed by atoms with Gasteiger partial charge in [-0.25, -0.2) is 0 Å². The molecular weight excluding hydrogens is 375 g/mol. The van der Waals surface area contributed by atoms with E-state index in [1.807, 2.05) is 24.3 Å². The molecule has 1 unspecified atom stereocenters. The number of nitrogens with one attached hydrogen (secondary N) is 2. The molecule has 6 heteroatoms. The number of carbonyl (C=O) groups excluding carboxylic acids is 1. The van der Waals surface area contributed by atoms with E-state index in [-0.39, 0.29) is 11.8 Å². The summed E-state index contributed by atoms with van der Waals surface area (Å²) in [5.41, 5.74) is 2.42. The summed E-state index contributed by atoms with van der Waals surface area (Å²) in [6.45, 7) is 0.566. The lowest BCUT2D eigenvalue weighted by molar-refractivity contribution is -0.117. The van der Waals surface area contributed by atoms with Gasteiger partial charge in [-0.1, -0.05) is 57.3 Å². The molecule has 1 atom stereocenters. The van der Waals surface area contributed by atoms with Crippen molar-refractivity contribution in [2.75, 3.05) is 17.2 Å². The van der Waals surface area contributed by atoms with E-state index in [9.17, 15) is 4.79 Å². The van der Waals surface area contributed by atoms with Crippen molar-refractivity contribution in [3.05, 3.63) is 56.5 Å². The zero-order valence-corrected chi connectivity index (χ0v) is 13.9. The molecule has 0 bridgehead atoms. The van der Waals surface area contributed by atoms with E-state index < -0.39 is 0 Å². The lowest BCUT2D eigenvalue weighted by atomic mass is 10.0. The summed E-state index contributed by atoms with van der Waals surface area (Å²) in [5, 5.41) is 6.85. The molecule has 21 heavy (non-hydrogen) atoms. The average molecular weight is 386 g/mol. The fourth-order valence-corrected chi connectivity index (χ4v) is 3.69. The Kier molecular flexibility index (Phi) is 4.11. The number of fused-ring (bicyclic) bond motifs is 1. The molecule has 0 aromatic heterocycles. The first kappa shape index (κ1) is 14.7. The van der Waals surface area contributed by atoms with Crippen molar-refractivity contribution in [2.24, 2.45) is 0 Å². The highest BCUT2D eigenvalue weighted by Crippen LogP contribution is 2.36. The highest BCUT2D eigenvalue weighted by atomic mass is 79.9. The molecular formula is C15H11BrCl2N2O. The summed E-state index contributed by atoms with van der Waals surface area (Å²) in [6, 6.07) is 11.2. The first-order valence-corrected chi connectivity index (χ1v) is 7.89. The molecule has 3 nitrogen and oxygen atoms in total. The lowest BCUT2D eigenvalue weighted by Crippen LogP contribution is -2.22. The number of para-hydroxylation sites is 1. The fourth-order valence-electron chi connectivity index (χ4n) is 2.39. The summed E-state index contributed by atoms with van der Waals surface area (Å²) in [7, 11) is 0. The minimum absolute atomic E-state index is 0.126. The standard InChI is InChI=1S/C15H11BrCl2N2O/c16-8-5-11(17)14(12(18)6-8)20-15(21)10-7-19-13-4-2-1-3-9(10)13/h1-6,10,19H,7H2,(H,20,21). The van der Waals surface area contributed by atoms with Crippen LogP contribution in [0.2, 0.25) is 10.0 Å². The topological polar surface area (TPSA) is 41.1 Å². The van der Waals surface area contributed by atoms with Crippen LogP contribution in [-0.2, 0) is 4.79 Å². The van der Waals surface area contributed by atoms with E-state index in [1.54, 1.807) is 12.1 Å². The molecule has 0 fully saturated rings. The number of carbonyl (C=O) groups is 1. The Morgan fingerprint density at radius 3 is 2.62 bits per heavy atom. The van der Waals surface area contributed by atoms with Gasteiger partial charge in [0.25, 0.3) is 0 Å². The second kappa shape index (κ2) is 5.87. The van der Waals surface area contributed by atoms with Gasteiger partial charge in [-0.3, -0.25) is 4.79 Å². The molecule has 3 rings (SSSR count). The third kappa shape index (κ3) is 2.89. The maximum absolute atomic E-state index is 12.5. The summed E-state index contributed by atoms with van der Waals surface area (Å²) < 4.78 is 0.767. The summed E-state index contributed by atoms with van der Waals surface area (Å²) in [5.74, 6) is -0.379. The monoisotopic (exact) mass is 384 g/mol. The van der Waals surface area contributed by atoms with Crippen molar-refractivity contribution in [1.29, 1.82) is 0 Å². The number of amides is 1. The van der Waals surface area contributed by atoms with Crippen LogP contribution in [0.15, 0.2) is 40.9 Å². The van der Waals surface area contributed by atoms with Crippen molar-refractivity contribution in [2.45, 2.75) is 5.92 Å². The van der Waals surface area contributed by atoms with Gasteiger partial charge in [-0.05, 0) is 23.8 Å². The normalized spacial score (nSPS) is 16.2. The fraction of sp³-hybridized carbons (Fsp3) is 0.133. The number of halogens is 3. The van der Waals surface area contributed by atoms with E-state index in [0.29, 0.717) is 22.3 Å². The smallest absolute Gasteiger partial charge is 0.233 e. The van der Waals surface area contributed by atoms with Crippen molar-refractivity contribution < 1.29 is 4.79 Å². The maximum Gasteiger partial charge on any atom is 0.233 e. The predicted octanol–water partition coefficient (Wildman–Crippen LogP) is 4.90. The molecule has 1 amide bonds. The van der Waals surface area contributed by atoms with E-state index in [2.05, 4.69) is 26.6 Å². The van der Waals surface area contributed by atoms with Crippen LogP contribution in [0.25, 0.3) is 0 Å².